The van der Waals surface area contributed by atoms with Crippen molar-refractivity contribution >= 4 is 17.4 Å². The zero-order chi connectivity index (χ0) is 13.2. The van der Waals surface area contributed by atoms with Gasteiger partial charge in [0, 0.05) is 12.6 Å². The average Bonchev–Trinajstić information content (AvgIpc) is 3.25. The fourth-order valence-electron chi connectivity index (χ4n) is 2.71. The summed E-state index contributed by atoms with van der Waals surface area (Å²) in [6.07, 6.45) is 6.17. The molecule has 0 unspecified atom stereocenters. The lowest BCUT2D eigenvalue weighted by Crippen LogP contribution is -2.38. The lowest BCUT2D eigenvalue weighted by Gasteiger charge is -2.31. The molecule has 2 fully saturated rings. The SMILES string of the molecule is O=c1[nH]cnc(N(CC2CCNCC2)C2CC2)c1Cl. The van der Waals surface area contributed by atoms with Crippen molar-refractivity contribution in [3.05, 3.63) is 21.7 Å². The highest BCUT2D eigenvalue weighted by Gasteiger charge is 2.33. The van der Waals surface area contributed by atoms with Gasteiger partial charge in [-0.25, -0.2) is 4.98 Å². The molecule has 0 amide bonds. The maximum atomic E-state index is 11.6. The second-order valence-electron chi connectivity index (χ2n) is 5.45. The number of hydrogen-bond acceptors (Lipinski definition) is 4. The monoisotopic (exact) mass is 282 g/mol. The molecule has 1 aromatic rings. The van der Waals surface area contributed by atoms with E-state index < -0.39 is 0 Å². The molecule has 1 aliphatic heterocycles. The van der Waals surface area contributed by atoms with Gasteiger partial charge < -0.3 is 15.2 Å². The van der Waals surface area contributed by atoms with Crippen molar-refractivity contribution in [1.82, 2.24) is 15.3 Å². The number of nitrogens with one attached hydrogen (secondary N) is 2. The van der Waals surface area contributed by atoms with Crippen molar-refractivity contribution < 1.29 is 0 Å². The lowest BCUT2D eigenvalue weighted by atomic mass is 9.97. The van der Waals surface area contributed by atoms with E-state index in [0.717, 1.165) is 19.6 Å². The van der Waals surface area contributed by atoms with E-state index in [0.29, 0.717) is 17.8 Å². The molecule has 1 aromatic heterocycles. The summed E-state index contributed by atoms with van der Waals surface area (Å²) < 4.78 is 0. The third-order valence-corrected chi connectivity index (χ3v) is 4.29. The maximum absolute atomic E-state index is 11.6. The number of halogens is 1. The number of nitrogens with zero attached hydrogens (tertiary/aromatic N) is 2. The summed E-state index contributed by atoms with van der Waals surface area (Å²) in [5.41, 5.74) is -0.248. The Bertz CT molecular complexity index is 494. The maximum Gasteiger partial charge on any atom is 0.271 e. The molecule has 0 spiro atoms. The van der Waals surface area contributed by atoms with E-state index in [1.54, 1.807) is 0 Å². The molecule has 0 atom stereocenters. The summed E-state index contributed by atoms with van der Waals surface area (Å²) in [6, 6.07) is 0.515. The second-order valence-corrected chi connectivity index (χ2v) is 5.82. The van der Waals surface area contributed by atoms with E-state index in [1.807, 2.05) is 0 Å². The summed E-state index contributed by atoms with van der Waals surface area (Å²) in [7, 11) is 0. The van der Waals surface area contributed by atoms with Crippen LogP contribution < -0.4 is 15.8 Å². The molecule has 0 bridgehead atoms. The minimum absolute atomic E-state index is 0.225. The Balaban J connectivity index is 1.80. The molecule has 3 rings (SSSR count). The Morgan fingerprint density at radius 3 is 2.74 bits per heavy atom. The van der Waals surface area contributed by atoms with Crippen molar-refractivity contribution in [3.63, 3.8) is 0 Å². The first-order chi connectivity index (χ1) is 9.25. The van der Waals surface area contributed by atoms with E-state index in [2.05, 4.69) is 20.2 Å². The van der Waals surface area contributed by atoms with Gasteiger partial charge in [0.05, 0.1) is 6.33 Å². The summed E-state index contributed by atoms with van der Waals surface area (Å²) >= 11 is 6.12. The van der Waals surface area contributed by atoms with E-state index in [1.165, 1.54) is 32.0 Å². The number of piperidine rings is 1. The largest absolute Gasteiger partial charge is 0.352 e. The Labute approximate surface area is 117 Å². The van der Waals surface area contributed by atoms with Crippen molar-refractivity contribution in [2.24, 2.45) is 5.92 Å². The Morgan fingerprint density at radius 1 is 1.32 bits per heavy atom. The van der Waals surface area contributed by atoms with Crippen LogP contribution in [0.5, 0.6) is 0 Å². The molecular weight excluding hydrogens is 264 g/mol. The van der Waals surface area contributed by atoms with Gasteiger partial charge >= 0.3 is 0 Å². The van der Waals surface area contributed by atoms with E-state index in [-0.39, 0.29) is 10.6 Å². The van der Waals surface area contributed by atoms with Crippen LogP contribution in [0.15, 0.2) is 11.1 Å². The smallest absolute Gasteiger partial charge is 0.271 e. The minimum atomic E-state index is -0.248. The first-order valence-electron chi connectivity index (χ1n) is 6.96. The molecule has 1 saturated heterocycles. The van der Waals surface area contributed by atoms with Gasteiger partial charge in [-0.3, -0.25) is 4.79 Å². The number of anilines is 1. The highest BCUT2D eigenvalue weighted by molar-refractivity contribution is 6.32. The summed E-state index contributed by atoms with van der Waals surface area (Å²) in [4.78, 5) is 20.7. The average molecular weight is 283 g/mol. The summed E-state index contributed by atoms with van der Waals surface area (Å²) in [6.45, 7) is 3.13. The summed E-state index contributed by atoms with van der Waals surface area (Å²) in [5.74, 6) is 1.32. The molecule has 19 heavy (non-hydrogen) atoms. The van der Waals surface area contributed by atoms with Gasteiger partial charge in [0.2, 0.25) is 0 Å². The molecule has 1 aliphatic carbocycles. The zero-order valence-corrected chi connectivity index (χ0v) is 11.6. The predicted molar refractivity (Wildman–Crippen MR) is 75.8 cm³/mol. The van der Waals surface area contributed by atoms with Gasteiger partial charge in [-0.05, 0) is 44.7 Å². The van der Waals surface area contributed by atoms with Gasteiger partial charge in [-0.1, -0.05) is 11.6 Å². The highest BCUT2D eigenvalue weighted by Crippen LogP contribution is 2.34. The van der Waals surface area contributed by atoms with Crippen molar-refractivity contribution in [3.8, 4) is 0 Å². The summed E-state index contributed by atoms with van der Waals surface area (Å²) in [5, 5.41) is 3.60. The van der Waals surface area contributed by atoms with Crippen LogP contribution in [0, 0.1) is 5.92 Å². The number of rotatable bonds is 4. The zero-order valence-electron chi connectivity index (χ0n) is 10.9. The van der Waals surface area contributed by atoms with E-state index >= 15 is 0 Å². The Kier molecular flexibility index (Phi) is 3.75. The van der Waals surface area contributed by atoms with Crippen LogP contribution >= 0.6 is 11.6 Å². The molecule has 2 N–H and O–H groups in total. The number of hydrogen-bond donors (Lipinski definition) is 2. The molecule has 0 radical (unpaired) electrons. The van der Waals surface area contributed by atoms with Crippen LogP contribution in [-0.4, -0.2) is 35.6 Å². The number of aromatic amines is 1. The van der Waals surface area contributed by atoms with Crippen LogP contribution in [-0.2, 0) is 0 Å². The van der Waals surface area contributed by atoms with Crippen LogP contribution in [0.3, 0.4) is 0 Å². The molecule has 104 valence electrons. The normalized spacial score (nSPS) is 20.5. The van der Waals surface area contributed by atoms with Crippen LogP contribution in [0.1, 0.15) is 25.7 Å². The molecule has 6 heteroatoms. The van der Waals surface area contributed by atoms with Gasteiger partial charge in [-0.15, -0.1) is 0 Å². The molecule has 2 heterocycles. The van der Waals surface area contributed by atoms with E-state index in [9.17, 15) is 4.79 Å². The van der Waals surface area contributed by atoms with Gasteiger partial charge in [-0.2, -0.15) is 0 Å². The Hall–Kier alpha value is -1.07. The minimum Gasteiger partial charge on any atom is -0.352 e. The fourth-order valence-corrected chi connectivity index (χ4v) is 2.92. The van der Waals surface area contributed by atoms with E-state index in [4.69, 9.17) is 11.6 Å². The number of aromatic nitrogens is 2. The van der Waals surface area contributed by atoms with Crippen LogP contribution in [0.4, 0.5) is 5.82 Å². The Morgan fingerprint density at radius 2 is 2.05 bits per heavy atom. The van der Waals surface area contributed by atoms with Crippen molar-refractivity contribution in [1.29, 1.82) is 0 Å². The van der Waals surface area contributed by atoms with Crippen LogP contribution in [0.25, 0.3) is 0 Å². The third-order valence-electron chi connectivity index (χ3n) is 3.95. The fraction of sp³-hybridized carbons (Fsp3) is 0.692. The van der Waals surface area contributed by atoms with Gasteiger partial charge in [0.25, 0.3) is 5.56 Å². The molecule has 0 aromatic carbocycles. The van der Waals surface area contributed by atoms with Crippen molar-refractivity contribution in [2.75, 3.05) is 24.5 Å². The first kappa shape index (κ1) is 12.9. The topological polar surface area (TPSA) is 61.0 Å². The first-order valence-corrected chi connectivity index (χ1v) is 7.34. The number of H-pyrrole nitrogens is 1. The molecule has 2 aliphatic rings. The van der Waals surface area contributed by atoms with Gasteiger partial charge in [0.15, 0.2) is 5.82 Å². The lowest BCUT2D eigenvalue weighted by molar-refractivity contribution is 0.372. The quantitative estimate of drug-likeness (QED) is 0.876. The van der Waals surface area contributed by atoms with Crippen LogP contribution in [0.2, 0.25) is 5.02 Å². The van der Waals surface area contributed by atoms with Crippen molar-refractivity contribution in [2.45, 2.75) is 31.7 Å². The molecular formula is C13H19ClN4O. The van der Waals surface area contributed by atoms with Gasteiger partial charge in [0.1, 0.15) is 5.02 Å². The molecule has 5 nitrogen and oxygen atoms in total. The second kappa shape index (κ2) is 5.51. The standard InChI is InChI=1S/C13H19ClN4O/c14-11-12(16-8-17-13(11)19)18(10-1-2-10)7-9-3-5-15-6-4-9/h8-10,15H,1-7H2,(H,16,17,19). The third kappa shape index (κ3) is 2.92. The highest BCUT2D eigenvalue weighted by atomic mass is 35.5. The molecule has 1 saturated carbocycles. The predicted octanol–water partition coefficient (Wildman–Crippen LogP) is 1.39.